The second-order valence-electron chi connectivity index (χ2n) is 6.95. The molecule has 15 heteroatoms. The molecule has 0 saturated carbocycles. The van der Waals surface area contributed by atoms with Crippen molar-refractivity contribution in [3.63, 3.8) is 0 Å². The number of carboxylic acids is 1. The van der Waals surface area contributed by atoms with Crippen molar-refractivity contribution < 1.29 is 39.0 Å². The zero-order chi connectivity index (χ0) is 24.4. The largest absolute Gasteiger partial charge is 0.480 e. The van der Waals surface area contributed by atoms with E-state index >= 15 is 0 Å². The van der Waals surface area contributed by atoms with Crippen LogP contribution in [0.2, 0.25) is 0 Å². The Morgan fingerprint density at radius 3 is 2.22 bits per heavy atom. The van der Waals surface area contributed by atoms with Crippen molar-refractivity contribution in [1.29, 1.82) is 0 Å². The minimum absolute atomic E-state index is 0.0349. The van der Waals surface area contributed by atoms with Crippen LogP contribution in [-0.2, 0) is 28.8 Å². The Bertz CT molecular complexity index is 751. The van der Waals surface area contributed by atoms with Crippen LogP contribution in [-0.4, -0.2) is 101 Å². The Kier molecular flexibility index (Phi) is 10.9. The number of likely N-dealkylation sites (N-methyl/N-ethyl adjacent to an activating group) is 1. The summed E-state index contributed by atoms with van der Waals surface area (Å²) in [5, 5.41) is 29.7. The standard InChI is InChI=1S/C17H28N6O8S/c1-7-13(26)22-8(3-12(18)25)14(27)20-4-11(17(30)31)32-6-10(19-2)16(29)23-9(5-24)15(28)21-7/h7-11,19,24H,3-6H2,1-2H3,(H2,18,25)(H,20,27)(H,21,28)(H,22,26)(H,23,29)(H,30,31)/t7-,8?,9?,10?,11?/m0/s1. The topological polar surface area (TPSA) is 229 Å². The van der Waals surface area contributed by atoms with Crippen LogP contribution in [0, 0.1) is 0 Å². The summed E-state index contributed by atoms with van der Waals surface area (Å²) in [6.07, 6.45) is -0.555. The maximum absolute atomic E-state index is 12.5. The van der Waals surface area contributed by atoms with Gasteiger partial charge in [0.1, 0.15) is 23.4 Å². The molecule has 0 aromatic heterocycles. The number of carbonyl (C=O) groups excluding carboxylic acids is 5. The summed E-state index contributed by atoms with van der Waals surface area (Å²) in [5.41, 5.74) is 5.13. The summed E-state index contributed by atoms with van der Waals surface area (Å²) in [7, 11) is 1.45. The lowest BCUT2D eigenvalue weighted by Gasteiger charge is -2.25. The molecule has 1 saturated heterocycles. The summed E-state index contributed by atoms with van der Waals surface area (Å²) >= 11 is 0.850. The van der Waals surface area contributed by atoms with E-state index in [0.29, 0.717) is 0 Å². The third kappa shape index (κ3) is 8.32. The fraction of sp³-hybridized carbons (Fsp3) is 0.647. The van der Waals surface area contributed by atoms with Crippen molar-refractivity contribution in [3.05, 3.63) is 0 Å². The van der Waals surface area contributed by atoms with Crippen molar-refractivity contribution in [1.82, 2.24) is 26.6 Å². The number of carbonyl (C=O) groups is 6. The number of primary amides is 1. The smallest absolute Gasteiger partial charge is 0.318 e. The quantitative estimate of drug-likeness (QED) is 0.189. The van der Waals surface area contributed by atoms with E-state index in [2.05, 4.69) is 26.6 Å². The highest BCUT2D eigenvalue weighted by atomic mass is 32.2. The lowest BCUT2D eigenvalue weighted by Crippen LogP contribution is -2.59. The predicted molar refractivity (Wildman–Crippen MR) is 112 cm³/mol. The zero-order valence-corrected chi connectivity index (χ0v) is 18.4. The van der Waals surface area contributed by atoms with Crippen LogP contribution in [0.15, 0.2) is 0 Å². The monoisotopic (exact) mass is 476 g/mol. The van der Waals surface area contributed by atoms with E-state index in [1.807, 2.05) is 0 Å². The molecule has 0 spiro atoms. The third-order valence-corrected chi connectivity index (χ3v) is 5.77. The van der Waals surface area contributed by atoms with E-state index < -0.39 is 78.0 Å². The van der Waals surface area contributed by atoms with Crippen LogP contribution in [0.1, 0.15) is 13.3 Å². The molecule has 0 bridgehead atoms. The van der Waals surface area contributed by atoms with E-state index in [9.17, 15) is 39.0 Å². The number of aliphatic hydroxyl groups excluding tert-OH is 1. The number of nitrogens with one attached hydrogen (secondary N) is 5. The maximum Gasteiger partial charge on any atom is 0.318 e. The van der Waals surface area contributed by atoms with Crippen molar-refractivity contribution >= 4 is 47.3 Å². The Morgan fingerprint density at radius 2 is 1.69 bits per heavy atom. The number of aliphatic carboxylic acids is 1. The number of hydrogen-bond acceptors (Lipinski definition) is 9. The Hall–Kier alpha value is -2.91. The molecule has 0 aromatic carbocycles. The van der Waals surface area contributed by atoms with Gasteiger partial charge in [-0.1, -0.05) is 0 Å². The molecule has 0 radical (unpaired) electrons. The highest BCUT2D eigenvalue weighted by Crippen LogP contribution is 2.13. The van der Waals surface area contributed by atoms with Gasteiger partial charge in [-0.3, -0.25) is 28.8 Å². The average Bonchev–Trinajstić information content (AvgIpc) is 2.72. The van der Waals surface area contributed by atoms with Gasteiger partial charge >= 0.3 is 5.97 Å². The summed E-state index contributed by atoms with van der Waals surface area (Å²) in [6, 6.07) is -4.90. The Balaban J connectivity index is 3.19. The lowest BCUT2D eigenvalue weighted by atomic mass is 10.1. The van der Waals surface area contributed by atoms with Gasteiger partial charge in [-0.15, -0.1) is 11.8 Å². The summed E-state index contributed by atoms with van der Waals surface area (Å²) in [6.45, 7) is 0.173. The maximum atomic E-state index is 12.5. The van der Waals surface area contributed by atoms with Crippen LogP contribution in [0.5, 0.6) is 0 Å². The second kappa shape index (κ2) is 12.8. The fourth-order valence-corrected chi connectivity index (χ4v) is 3.68. The first-order chi connectivity index (χ1) is 15.0. The molecule has 1 aliphatic heterocycles. The van der Waals surface area contributed by atoms with Crippen molar-refractivity contribution in [2.24, 2.45) is 5.73 Å². The first-order valence-electron chi connectivity index (χ1n) is 9.59. The fourth-order valence-electron chi connectivity index (χ4n) is 2.59. The van der Waals surface area contributed by atoms with Gasteiger partial charge in [-0.2, -0.15) is 0 Å². The van der Waals surface area contributed by atoms with Gasteiger partial charge in [-0.25, -0.2) is 0 Å². The summed E-state index contributed by atoms with van der Waals surface area (Å²) < 4.78 is 0. The van der Waals surface area contributed by atoms with Crippen LogP contribution in [0.3, 0.4) is 0 Å². The SMILES string of the molecule is CNC1CSC(C(=O)O)CNC(=O)C(CC(N)=O)NC(=O)[C@H](C)NC(=O)C(CO)NC1=O. The molecule has 9 N–H and O–H groups in total. The van der Waals surface area contributed by atoms with E-state index in [4.69, 9.17) is 5.73 Å². The molecule has 4 unspecified atom stereocenters. The number of carboxylic acid groups (broad SMARTS) is 1. The number of aliphatic hydroxyl groups is 1. The molecule has 1 fully saturated rings. The molecule has 5 amide bonds. The Morgan fingerprint density at radius 1 is 1.06 bits per heavy atom. The zero-order valence-electron chi connectivity index (χ0n) is 17.5. The molecule has 1 aliphatic rings. The molecular weight excluding hydrogens is 448 g/mol. The molecule has 0 aromatic rings. The third-order valence-electron chi connectivity index (χ3n) is 4.47. The summed E-state index contributed by atoms with van der Waals surface area (Å²) in [4.78, 5) is 72.6. The molecule has 1 rings (SSSR count). The molecule has 1 heterocycles. The molecule has 0 aliphatic carbocycles. The van der Waals surface area contributed by atoms with Gasteiger partial charge in [0.25, 0.3) is 0 Å². The first-order valence-corrected chi connectivity index (χ1v) is 10.6. The number of amides is 5. The van der Waals surface area contributed by atoms with Crippen LogP contribution < -0.4 is 32.3 Å². The van der Waals surface area contributed by atoms with Crippen molar-refractivity contribution in [3.8, 4) is 0 Å². The number of hydrogen-bond donors (Lipinski definition) is 8. The number of nitrogens with two attached hydrogens (primary N) is 1. The number of thioether (sulfide) groups is 1. The highest BCUT2D eigenvalue weighted by Gasteiger charge is 2.31. The Labute approximate surface area is 187 Å². The molecule has 32 heavy (non-hydrogen) atoms. The van der Waals surface area contributed by atoms with E-state index in [-0.39, 0.29) is 12.3 Å². The molecule has 14 nitrogen and oxygen atoms in total. The minimum atomic E-state index is -1.40. The predicted octanol–water partition coefficient (Wildman–Crippen LogP) is -4.77. The first kappa shape index (κ1) is 27.1. The van der Waals surface area contributed by atoms with Gasteiger partial charge in [0.05, 0.1) is 19.1 Å². The van der Waals surface area contributed by atoms with Crippen LogP contribution >= 0.6 is 11.8 Å². The van der Waals surface area contributed by atoms with E-state index in [0.717, 1.165) is 11.8 Å². The summed E-state index contributed by atoms with van der Waals surface area (Å²) in [5.74, 6) is -5.40. The molecule has 5 atom stereocenters. The van der Waals surface area contributed by atoms with Crippen molar-refractivity contribution in [2.75, 3.05) is 26.0 Å². The van der Waals surface area contributed by atoms with E-state index in [1.54, 1.807) is 0 Å². The van der Waals surface area contributed by atoms with E-state index in [1.165, 1.54) is 14.0 Å². The van der Waals surface area contributed by atoms with Crippen LogP contribution in [0.25, 0.3) is 0 Å². The van der Waals surface area contributed by atoms with Gasteiger partial charge < -0.3 is 42.5 Å². The molecule has 180 valence electrons. The minimum Gasteiger partial charge on any atom is -0.480 e. The number of rotatable bonds is 5. The average molecular weight is 477 g/mol. The highest BCUT2D eigenvalue weighted by molar-refractivity contribution is 8.00. The normalized spacial score (nSPS) is 28.7. The van der Waals surface area contributed by atoms with Gasteiger partial charge in [0, 0.05) is 12.3 Å². The van der Waals surface area contributed by atoms with Crippen LogP contribution in [0.4, 0.5) is 0 Å². The lowest BCUT2D eigenvalue weighted by molar-refractivity contribution is -0.137. The van der Waals surface area contributed by atoms with Gasteiger partial charge in [0.15, 0.2) is 0 Å². The van der Waals surface area contributed by atoms with Gasteiger partial charge in [-0.05, 0) is 14.0 Å². The second-order valence-corrected chi connectivity index (χ2v) is 8.19. The van der Waals surface area contributed by atoms with Gasteiger partial charge in [0.2, 0.25) is 29.5 Å². The molecular formula is C17H28N6O8S. The van der Waals surface area contributed by atoms with Crippen molar-refractivity contribution in [2.45, 2.75) is 42.8 Å².